The fraction of sp³-hybridized carbons (Fsp3) is 0.778. The Labute approximate surface area is 135 Å². The van der Waals surface area contributed by atoms with Crippen molar-refractivity contribution < 1.29 is 0 Å². The molecule has 4 aliphatic rings. The average molecular weight is 353 g/mol. The van der Waals surface area contributed by atoms with Gasteiger partial charge in [0.1, 0.15) is 0 Å². The summed E-state index contributed by atoms with van der Waals surface area (Å²) in [7, 11) is 0. The first-order valence-corrected chi connectivity index (χ1v) is 10.1. The lowest BCUT2D eigenvalue weighted by atomic mass is 9.48. The number of halogens is 1. The summed E-state index contributed by atoms with van der Waals surface area (Å²) in [6.07, 6.45) is 11.9. The minimum absolute atomic E-state index is 0.601. The predicted molar refractivity (Wildman–Crippen MR) is 90.6 cm³/mol. The molecular weight excluding hydrogens is 328 g/mol. The third-order valence-corrected chi connectivity index (χ3v) is 8.58. The van der Waals surface area contributed by atoms with Gasteiger partial charge in [0, 0.05) is 14.6 Å². The normalized spacial score (nSPS) is 40.2. The maximum atomic E-state index is 4.03. The highest BCUT2D eigenvalue weighted by atomic mass is 79.9. The van der Waals surface area contributed by atoms with Gasteiger partial charge in [-0.25, -0.2) is 0 Å². The van der Waals surface area contributed by atoms with E-state index in [1.54, 1.807) is 24.1 Å². The van der Waals surface area contributed by atoms with E-state index >= 15 is 0 Å². The minimum Gasteiger partial charge on any atom is -0.144 e. The molecule has 1 unspecified atom stereocenters. The maximum Gasteiger partial charge on any atom is 0.0494 e. The van der Waals surface area contributed by atoms with Crippen LogP contribution in [0.4, 0.5) is 0 Å². The van der Waals surface area contributed by atoms with Gasteiger partial charge in [-0.2, -0.15) is 0 Å². The summed E-state index contributed by atoms with van der Waals surface area (Å²) in [4.78, 5) is 3.71. The molecule has 0 spiro atoms. The van der Waals surface area contributed by atoms with E-state index in [9.17, 15) is 0 Å². The number of aryl methyl sites for hydroxylation is 1. The molecule has 0 saturated heterocycles. The Bertz CT molecular complexity index is 454. The zero-order valence-corrected chi connectivity index (χ0v) is 14.8. The molecule has 1 atom stereocenters. The molecule has 4 bridgehead atoms. The third kappa shape index (κ3) is 2.41. The monoisotopic (exact) mass is 352 g/mol. The highest BCUT2D eigenvalue weighted by Gasteiger charge is 2.51. The molecule has 1 aromatic heterocycles. The van der Waals surface area contributed by atoms with E-state index in [4.69, 9.17) is 0 Å². The Balaban J connectivity index is 1.50. The van der Waals surface area contributed by atoms with Crippen molar-refractivity contribution in [2.75, 3.05) is 0 Å². The lowest BCUT2D eigenvalue weighted by molar-refractivity contribution is -0.0570. The Morgan fingerprint density at radius 1 is 1.15 bits per heavy atom. The molecule has 0 amide bonds. The van der Waals surface area contributed by atoms with E-state index in [0.717, 1.165) is 17.8 Å². The van der Waals surface area contributed by atoms with E-state index in [1.165, 1.54) is 37.0 Å². The van der Waals surface area contributed by atoms with Crippen LogP contribution in [0.5, 0.6) is 0 Å². The molecule has 1 aromatic rings. The summed E-state index contributed by atoms with van der Waals surface area (Å²) in [6.45, 7) is 2.26. The number of hydrogen-bond acceptors (Lipinski definition) is 1. The summed E-state index contributed by atoms with van der Waals surface area (Å²) in [5.74, 6) is 3.24. The first-order chi connectivity index (χ1) is 9.66. The molecule has 0 radical (unpaired) electrons. The van der Waals surface area contributed by atoms with Crippen LogP contribution in [0.25, 0.3) is 0 Å². The van der Waals surface area contributed by atoms with E-state index in [-0.39, 0.29) is 0 Å². The van der Waals surface area contributed by atoms with Crippen molar-refractivity contribution in [3.05, 3.63) is 21.9 Å². The Kier molecular flexibility index (Phi) is 3.54. The van der Waals surface area contributed by atoms with Gasteiger partial charge in [-0.1, -0.05) is 22.9 Å². The summed E-state index contributed by atoms with van der Waals surface area (Å²) in [5, 5.41) is 0. The molecule has 20 heavy (non-hydrogen) atoms. The molecule has 0 N–H and O–H groups in total. The highest BCUT2D eigenvalue weighted by molar-refractivity contribution is 9.09. The minimum atomic E-state index is 0.601. The molecule has 5 rings (SSSR count). The van der Waals surface area contributed by atoms with Gasteiger partial charge in [-0.05, 0) is 86.7 Å². The molecule has 0 aromatic carbocycles. The zero-order chi connectivity index (χ0) is 13.7. The summed E-state index contributed by atoms with van der Waals surface area (Å²) in [6, 6.07) is 4.69. The molecular formula is C18H25BrS. The predicted octanol–water partition coefficient (Wildman–Crippen LogP) is 6.35. The molecule has 110 valence electrons. The van der Waals surface area contributed by atoms with E-state index in [0.29, 0.717) is 10.2 Å². The van der Waals surface area contributed by atoms with Crippen LogP contribution in [0.2, 0.25) is 0 Å². The van der Waals surface area contributed by atoms with E-state index in [1.807, 2.05) is 11.3 Å². The SMILES string of the molecule is CCc1ccc(C(Br)CC23CC4CC(CC(C4)C2)C3)s1. The van der Waals surface area contributed by atoms with Crippen LogP contribution in [0.1, 0.15) is 66.5 Å². The van der Waals surface area contributed by atoms with Gasteiger partial charge in [0.2, 0.25) is 0 Å². The van der Waals surface area contributed by atoms with Crippen molar-refractivity contribution in [1.82, 2.24) is 0 Å². The van der Waals surface area contributed by atoms with Gasteiger partial charge >= 0.3 is 0 Å². The van der Waals surface area contributed by atoms with E-state index in [2.05, 4.69) is 35.0 Å². The second-order valence-electron chi connectivity index (χ2n) is 7.75. The van der Waals surface area contributed by atoms with Crippen LogP contribution in [0.15, 0.2) is 12.1 Å². The Morgan fingerprint density at radius 2 is 1.75 bits per heavy atom. The standard InChI is InChI=1S/C18H25BrS/c1-2-15-3-4-17(20-15)16(19)11-18-8-12-5-13(9-18)7-14(6-12)10-18/h3-4,12-14,16H,2,5-11H2,1H3. The number of rotatable bonds is 4. The van der Waals surface area contributed by atoms with Crippen molar-refractivity contribution in [2.24, 2.45) is 23.2 Å². The average Bonchev–Trinajstić information content (AvgIpc) is 2.85. The van der Waals surface area contributed by atoms with Crippen LogP contribution in [-0.4, -0.2) is 0 Å². The number of thiophene rings is 1. The second-order valence-corrected chi connectivity index (χ2v) is 10.1. The van der Waals surface area contributed by atoms with Gasteiger partial charge in [0.25, 0.3) is 0 Å². The van der Waals surface area contributed by atoms with Crippen molar-refractivity contribution in [1.29, 1.82) is 0 Å². The molecule has 4 aliphatic carbocycles. The van der Waals surface area contributed by atoms with Crippen LogP contribution < -0.4 is 0 Å². The molecule has 4 saturated carbocycles. The topological polar surface area (TPSA) is 0 Å². The Morgan fingerprint density at radius 3 is 2.25 bits per heavy atom. The van der Waals surface area contributed by atoms with Crippen LogP contribution in [-0.2, 0) is 6.42 Å². The summed E-state index contributed by atoms with van der Waals surface area (Å²) < 4.78 is 0. The quantitative estimate of drug-likeness (QED) is 0.553. The maximum absolute atomic E-state index is 4.03. The third-order valence-electron chi connectivity index (χ3n) is 6.12. The number of alkyl halides is 1. The second kappa shape index (κ2) is 5.12. The largest absolute Gasteiger partial charge is 0.144 e. The first-order valence-electron chi connectivity index (χ1n) is 8.38. The highest BCUT2D eigenvalue weighted by Crippen LogP contribution is 2.63. The van der Waals surface area contributed by atoms with Gasteiger partial charge < -0.3 is 0 Å². The van der Waals surface area contributed by atoms with Crippen molar-refractivity contribution >= 4 is 27.3 Å². The summed E-state index contributed by atoms with van der Waals surface area (Å²) in [5.41, 5.74) is 0.694. The van der Waals surface area contributed by atoms with Crippen molar-refractivity contribution in [3.8, 4) is 0 Å². The van der Waals surface area contributed by atoms with Gasteiger partial charge in [0.15, 0.2) is 0 Å². The fourth-order valence-electron chi connectivity index (χ4n) is 5.77. The lowest BCUT2D eigenvalue weighted by Gasteiger charge is -2.57. The van der Waals surface area contributed by atoms with Crippen molar-refractivity contribution in [3.63, 3.8) is 0 Å². The van der Waals surface area contributed by atoms with Crippen LogP contribution in [0.3, 0.4) is 0 Å². The fourth-order valence-corrected chi connectivity index (χ4v) is 7.82. The first kappa shape index (κ1) is 13.8. The molecule has 0 aliphatic heterocycles. The van der Waals surface area contributed by atoms with Gasteiger partial charge in [-0.15, -0.1) is 11.3 Å². The van der Waals surface area contributed by atoms with Gasteiger partial charge in [0.05, 0.1) is 0 Å². The van der Waals surface area contributed by atoms with Gasteiger partial charge in [-0.3, -0.25) is 0 Å². The molecule has 1 heterocycles. The van der Waals surface area contributed by atoms with Crippen LogP contribution >= 0.6 is 27.3 Å². The molecule has 2 heteroatoms. The summed E-state index contributed by atoms with van der Waals surface area (Å²) >= 11 is 6.05. The smallest absolute Gasteiger partial charge is 0.0494 e. The van der Waals surface area contributed by atoms with Crippen molar-refractivity contribution in [2.45, 2.75) is 63.1 Å². The molecule has 4 fully saturated rings. The number of hydrogen-bond donors (Lipinski definition) is 0. The Hall–Kier alpha value is 0.180. The van der Waals surface area contributed by atoms with Crippen LogP contribution in [0, 0.1) is 23.2 Å². The molecule has 0 nitrogen and oxygen atoms in total. The zero-order valence-electron chi connectivity index (χ0n) is 12.4. The van der Waals surface area contributed by atoms with E-state index < -0.39 is 0 Å². The lowest BCUT2D eigenvalue weighted by Crippen LogP contribution is -2.46.